The summed E-state index contributed by atoms with van der Waals surface area (Å²) in [6.45, 7) is 6.08. The molecule has 2 rings (SSSR count). The molecule has 1 unspecified atom stereocenters. The van der Waals surface area contributed by atoms with Gasteiger partial charge in [0.1, 0.15) is 0 Å². The van der Waals surface area contributed by atoms with E-state index >= 15 is 0 Å². The first kappa shape index (κ1) is 10.3. The molecule has 0 saturated heterocycles. The van der Waals surface area contributed by atoms with E-state index in [2.05, 4.69) is 19.1 Å². The van der Waals surface area contributed by atoms with Gasteiger partial charge in [-0.25, -0.2) is 0 Å². The third-order valence-electron chi connectivity index (χ3n) is 2.55. The Morgan fingerprint density at radius 3 is 2.46 bits per heavy atom. The van der Waals surface area contributed by atoms with Crippen LogP contribution < -0.4 is 0 Å². The Bertz CT molecular complexity index is 268. The average molecular weight is 178 g/mol. The van der Waals surface area contributed by atoms with Gasteiger partial charge >= 0.3 is 0 Å². The summed E-state index contributed by atoms with van der Waals surface area (Å²) in [5, 5.41) is 9.52. The van der Waals surface area contributed by atoms with E-state index in [1.807, 2.05) is 26.0 Å². The summed E-state index contributed by atoms with van der Waals surface area (Å²) in [6, 6.07) is 8.27. The maximum Gasteiger partial charge on any atom is 0.0646 e. The van der Waals surface area contributed by atoms with Gasteiger partial charge in [-0.3, -0.25) is 0 Å². The summed E-state index contributed by atoms with van der Waals surface area (Å²) < 4.78 is 0. The van der Waals surface area contributed by atoms with Gasteiger partial charge in [0.25, 0.3) is 0 Å². The van der Waals surface area contributed by atoms with Crippen LogP contribution in [-0.4, -0.2) is 11.2 Å². The van der Waals surface area contributed by atoms with Gasteiger partial charge in [-0.2, -0.15) is 0 Å². The lowest BCUT2D eigenvalue weighted by Gasteiger charge is -2.07. The second-order valence-electron chi connectivity index (χ2n) is 3.26. The number of benzene rings is 1. The summed E-state index contributed by atoms with van der Waals surface area (Å²) in [4.78, 5) is 0. The largest absolute Gasteiger partial charge is 0.392 e. The van der Waals surface area contributed by atoms with Gasteiger partial charge in [0.15, 0.2) is 0 Å². The number of hydrogen-bond acceptors (Lipinski definition) is 1. The lowest BCUT2D eigenvalue weighted by atomic mass is 10.0. The molecule has 0 spiro atoms. The number of aliphatic hydroxyl groups is 1. The van der Waals surface area contributed by atoms with Gasteiger partial charge in [0.2, 0.25) is 0 Å². The zero-order valence-electron chi connectivity index (χ0n) is 8.62. The van der Waals surface area contributed by atoms with Gasteiger partial charge in [-0.15, -0.1) is 0 Å². The molecule has 0 heterocycles. The third-order valence-corrected chi connectivity index (χ3v) is 2.55. The molecule has 1 nitrogen and oxygen atoms in total. The maximum atomic E-state index is 9.52. The fourth-order valence-corrected chi connectivity index (χ4v) is 1.77. The average Bonchev–Trinajstić information content (AvgIpc) is 2.47. The fraction of sp³-hybridized carbons (Fsp3) is 0.500. The van der Waals surface area contributed by atoms with E-state index in [0.717, 1.165) is 6.42 Å². The van der Waals surface area contributed by atoms with Gasteiger partial charge in [-0.05, 0) is 17.5 Å². The predicted molar refractivity (Wildman–Crippen MR) is 55.9 cm³/mol. The van der Waals surface area contributed by atoms with Crippen molar-refractivity contribution in [3.8, 4) is 0 Å². The van der Waals surface area contributed by atoms with Gasteiger partial charge in [0, 0.05) is 5.92 Å². The molecule has 72 valence electrons. The van der Waals surface area contributed by atoms with Crippen molar-refractivity contribution in [2.45, 2.75) is 39.2 Å². The Hall–Kier alpha value is -0.820. The summed E-state index contributed by atoms with van der Waals surface area (Å²) in [5.41, 5.74) is 2.63. The minimum Gasteiger partial charge on any atom is -0.392 e. The van der Waals surface area contributed by atoms with Crippen LogP contribution in [0.5, 0.6) is 0 Å². The van der Waals surface area contributed by atoms with Crippen molar-refractivity contribution in [2.24, 2.45) is 0 Å². The van der Waals surface area contributed by atoms with Crippen molar-refractivity contribution < 1.29 is 5.11 Å². The van der Waals surface area contributed by atoms with Crippen LogP contribution in [-0.2, 0) is 6.42 Å². The number of fused-ring (bicyclic) bond motifs is 1. The zero-order valence-corrected chi connectivity index (χ0v) is 8.62. The van der Waals surface area contributed by atoms with Gasteiger partial charge < -0.3 is 5.11 Å². The van der Waals surface area contributed by atoms with Crippen molar-refractivity contribution in [1.82, 2.24) is 0 Å². The summed E-state index contributed by atoms with van der Waals surface area (Å²) in [7, 11) is 0. The van der Waals surface area contributed by atoms with Crippen LogP contribution in [0.1, 0.15) is 37.8 Å². The zero-order chi connectivity index (χ0) is 9.84. The molecule has 1 aliphatic carbocycles. The topological polar surface area (TPSA) is 20.2 Å². The first-order chi connectivity index (χ1) is 6.29. The highest BCUT2D eigenvalue weighted by Gasteiger charge is 2.26. The Kier molecular flexibility index (Phi) is 3.49. The Balaban J connectivity index is 0.000000396. The highest BCUT2D eigenvalue weighted by Crippen LogP contribution is 2.32. The molecular weight excluding hydrogens is 160 g/mol. The lowest BCUT2D eigenvalue weighted by Crippen LogP contribution is -2.09. The standard InChI is InChI=1S/C10H12O.C2H6/c1-7-9-5-3-2-4-8(9)6-10(7)11;1-2/h2-5,7,10-11H,6H2,1H3;1-2H3/t7-,10?;/m0./s1. The van der Waals surface area contributed by atoms with Crippen molar-refractivity contribution in [3.63, 3.8) is 0 Å². The van der Waals surface area contributed by atoms with Crippen LogP contribution in [0.15, 0.2) is 24.3 Å². The van der Waals surface area contributed by atoms with Crippen LogP contribution >= 0.6 is 0 Å². The minimum atomic E-state index is -0.160. The summed E-state index contributed by atoms with van der Waals surface area (Å²) in [5.74, 6) is 0.325. The molecule has 1 heteroatoms. The summed E-state index contributed by atoms with van der Waals surface area (Å²) in [6.07, 6.45) is 0.671. The van der Waals surface area contributed by atoms with E-state index in [9.17, 15) is 5.11 Å². The molecule has 1 N–H and O–H groups in total. The predicted octanol–water partition coefficient (Wildman–Crippen LogP) is 2.73. The highest BCUT2D eigenvalue weighted by atomic mass is 16.3. The molecule has 1 aromatic rings. The van der Waals surface area contributed by atoms with Crippen molar-refractivity contribution in [3.05, 3.63) is 35.4 Å². The van der Waals surface area contributed by atoms with Crippen LogP contribution in [0.4, 0.5) is 0 Å². The molecule has 0 bridgehead atoms. The second-order valence-corrected chi connectivity index (χ2v) is 3.26. The van der Waals surface area contributed by atoms with Crippen molar-refractivity contribution in [2.75, 3.05) is 0 Å². The highest BCUT2D eigenvalue weighted by molar-refractivity contribution is 5.36. The molecule has 0 aliphatic heterocycles. The molecular formula is C12H18O. The molecule has 0 radical (unpaired) electrons. The van der Waals surface area contributed by atoms with E-state index in [0.29, 0.717) is 5.92 Å². The molecule has 2 atom stereocenters. The monoisotopic (exact) mass is 178 g/mol. The smallest absolute Gasteiger partial charge is 0.0646 e. The Morgan fingerprint density at radius 1 is 1.23 bits per heavy atom. The molecule has 0 aromatic heterocycles. The van der Waals surface area contributed by atoms with E-state index < -0.39 is 0 Å². The number of rotatable bonds is 0. The first-order valence-corrected chi connectivity index (χ1v) is 5.05. The van der Waals surface area contributed by atoms with Crippen molar-refractivity contribution >= 4 is 0 Å². The van der Waals surface area contributed by atoms with Crippen LogP contribution in [0.2, 0.25) is 0 Å². The molecule has 0 fully saturated rings. The molecule has 1 aromatic carbocycles. The maximum absolute atomic E-state index is 9.52. The first-order valence-electron chi connectivity index (χ1n) is 5.05. The number of aliphatic hydroxyl groups excluding tert-OH is 1. The van der Waals surface area contributed by atoms with Crippen LogP contribution in [0.25, 0.3) is 0 Å². The van der Waals surface area contributed by atoms with Crippen LogP contribution in [0, 0.1) is 0 Å². The van der Waals surface area contributed by atoms with Gasteiger partial charge in [-0.1, -0.05) is 45.0 Å². The quantitative estimate of drug-likeness (QED) is 0.647. The van der Waals surface area contributed by atoms with E-state index in [1.54, 1.807) is 0 Å². The van der Waals surface area contributed by atoms with E-state index in [-0.39, 0.29) is 6.10 Å². The Morgan fingerprint density at radius 2 is 1.85 bits per heavy atom. The normalized spacial score (nSPS) is 24.6. The third kappa shape index (κ3) is 1.92. The minimum absolute atomic E-state index is 0.160. The van der Waals surface area contributed by atoms with Crippen molar-refractivity contribution in [1.29, 1.82) is 0 Å². The summed E-state index contributed by atoms with van der Waals surface area (Å²) >= 11 is 0. The molecule has 0 amide bonds. The van der Waals surface area contributed by atoms with Gasteiger partial charge in [0.05, 0.1) is 6.10 Å². The fourth-order valence-electron chi connectivity index (χ4n) is 1.77. The van der Waals surface area contributed by atoms with E-state index in [1.165, 1.54) is 11.1 Å². The number of hydrogen-bond donors (Lipinski definition) is 1. The molecule has 1 aliphatic rings. The molecule has 0 saturated carbocycles. The second kappa shape index (κ2) is 4.43. The Labute approximate surface area is 80.4 Å². The SMILES string of the molecule is CC.C[C@H]1c2ccccc2CC1O. The van der Waals surface area contributed by atoms with Crippen LogP contribution in [0.3, 0.4) is 0 Å². The molecule has 13 heavy (non-hydrogen) atoms. The lowest BCUT2D eigenvalue weighted by molar-refractivity contribution is 0.163. The van der Waals surface area contributed by atoms with E-state index in [4.69, 9.17) is 0 Å².